The first-order valence-corrected chi connectivity index (χ1v) is 7.76. The number of nitrogens with one attached hydrogen (secondary N) is 1. The summed E-state index contributed by atoms with van der Waals surface area (Å²) in [4.78, 5) is 5.12. The van der Waals surface area contributed by atoms with Crippen LogP contribution in [0.15, 0.2) is 0 Å². The summed E-state index contributed by atoms with van der Waals surface area (Å²) in [7, 11) is 2.28. The first kappa shape index (κ1) is 15.2. The summed E-state index contributed by atoms with van der Waals surface area (Å²) in [6, 6.07) is 1.91. The molecule has 2 N–H and O–H groups in total. The highest BCUT2D eigenvalue weighted by molar-refractivity contribution is 4.94. The number of aliphatic hydroxyl groups is 1. The Bertz CT molecular complexity index is 297. The molecule has 3 atom stereocenters. The van der Waals surface area contributed by atoms with E-state index in [1.165, 1.54) is 25.8 Å². The average molecular weight is 269 g/mol. The van der Waals surface area contributed by atoms with Gasteiger partial charge in [0, 0.05) is 31.2 Å². The first-order chi connectivity index (χ1) is 8.93. The number of fused-ring (bicyclic) bond motifs is 2. The van der Waals surface area contributed by atoms with Gasteiger partial charge in [0.25, 0.3) is 0 Å². The lowest BCUT2D eigenvalue weighted by Crippen LogP contribution is -2.57. The smallest absolute Gasteiger partial charge is 0.0623 e. The maximum atomic E-state index is 9.72. The van der Waals surface area contributed by atoms with Crippen LogP contribution in [0.3, 0.4) is 0 Å². The Morgan fingerprint density at radius 3 is 2.58 bits per heavy atom. The number of rotatable bonds is 5. The van der Waals surface area contributed by atoms with Crippen molar-refractivity contribution in [2.75, 3.05) is 33.3 Å². The molecule has 0 aromatic carbocycles. The average Bonchev–Trinajstić information content (AvgIpc) is 2.57. The van der Waals surface area contributed by atoms with Crippen LogP contribution >= 0.6 is 0 Å². The van der Waals surface area contributed by atoms with E-state index in [0.717, 1.165) is 25.2 Å². The molecule has 2 aliphatic rings. The van der Waals surface area contributed by atoms with Crippen LogP contribution in [0.1, 0.15) is 40.0 Å². The molecule has 2 bridgehead atoms. The van der Waals surface area contributed by atoms with Crippen molar-refractivity contribution in [2.45, 2.75) is 63.7 Å². The van der Waals surface area contributed by atoms with Gasteiger partial charge in [-0.1, -0.05) is 13.8 Å². The predicted molar refractivity (Wildman–Crippen MR) is 79.4 cm³/mol. The van der Waals surface area contributed by atoms with Crippen molar-refractivity contribution in [2.24, 2.45) is 0 Å². The SMILES string of the molecule is CC(C)NC(C)(CO)CN1CCC2CCC(C1)N2C. The van der Waals surface area contributed by atoms with Crippen LogP contribution in [0, 0.1) is 0 Å². The minimum absolute atomic E-state index is 0.184. The Kier molecular flexibility index (Phi) is 4.88. The van der Waals surface area contributed by atoms with Crippen LogP contribution in [0.2, 0.25) is 0 Å². The third-order valence-electron chi connectivity index (χ3n) is 4.79. The van der Waals surface area contributed by atoms with Crippen LogP contribution in [0.5, 0.6) is 0 Å². The van der Waals surface area contributed by atoms with Gasteiger partial charge < -0.3 is 10.4 Å². The Balaban J connectivity index is 1.95. The minimum Gasteiger partial charge on any atom is -0.394 e. The lowest BCUT2D eigenvalue weighted by molar-refractivity contribution is 0.107. The lowest BCUT2D eigenvalue weighted by atomic mass is 10.00. The van der Waals surface area contributed by atoms with E-state index < -0.39 is 0 Å². The van der Waals surface area contributed by atoms with Gasteiger partial charge in [-0.05, 0) is 39.8 Å². The minimum atomic E-state index is -0.184. The van der Waals surface area contributed by atoms with Gasteiger partial charge in [-0.2, -0.15) is 0 Å². The molecule has 0 aromatic rings. The van der Waals surface area contributed by atoms with E-state index in [4.69, 9.17) is 0 Å². The molecule has 3 unspecified atom stereocenters. The van der Waals surface area contributed by atoms with Crippen LogP contribution in [0.4, 0.5) is 0 Å². The lowest BCUT2D eigenvalue weighted by Gasteiger charge is -2.37. The normalized spacial score (nSPS) is 32.5. The zero-order chi connectivity index (χ0) is 14.0. The molecule has 2 heterocycles. The molecule has 2 fully saturated rings. The van der Waals surface area contributed by atoms with E-state index in [-0.39, 0.29) is 12.1 Å². The first-order valence-electron chi connectivity index (χ1n) is 7.76. The number of nitrogens with zero attached hydrogens (tertiary/aromatic N) is 2. The van der Waals surface area contributed by atoms with Gasteiger partial charge in [-0.3, -0.25) is 9.80 Å². The summed E-state index contributed by atoms with van der Waals surface area (Å²) in [5.41, 5.74) is -0.184. The highest BCUT2D eigenvalue weighted by Crippen LogP contribution is 2.28. The molecule has 19 heavy (non-hydrogen) atoms. The predicted octanol–water partition coefficient (Wildman–Crippen LogP) is 0.904. The fourth-order valence-electron chi connectivity index (χ4n) is 3.85. The number of likely N-dealkylation sites (N-methyl/N-ethyl adjacent to an activating group) is 1. The van der Waals surface area contributed by atoms with E-state index >= 15 is 0 Å². The third kappa shape index (κ3) is 3.69. The van der Waals surface area contributed by atoms with Crippen molar-refractivity contribution in [1.82, 2.24) is 15.1 Å². The van der Waals surface area contributed by atoms with Crippen molar-refractivity contribution >= 4 is 0 Å². The summed E-state index contributed by atoms with van der Waals surface area (Å²) in [5, 5.41) is 13.2. The van der Waals surface area contributed by atoms with E-state index in [1.807, 2.05) is 0 Å². The summed E-state index contributed by atoms with van der Waals surface area (Å²) < 4.78 is 0. The fourth-order valence-corrected chi connectivity index (χ4v) is 3.85. The largest absolute Gasteiger partial charge is 0.394 e. The van der Waals surface area contributed by atoms with Crippen LogP contribution < -0.4 is 5.32 Å². The molecule has 0 radical (unpaired) electrons. The molecule has 0 amide bonds. The number of likely N-dealkylation sites (tertiary alicyclic amines) is 1. The molecule has 112 valence electrons. The highest BCUT2D eigenvalue weighted by atomic mass is 16.3. The van der Waals surface area contributed by atoms with E-state index in [1.54, 1.807) is 0 Å². The van der Waals surface area contributed by atoms with E-state index in [9.17, 15) is 5.11 Å². The highest BCUT2D eigenvalue weighted by Gasteiger charge is 2.36. The number of aliphatic hydroxyl groups excluding tert-OH is 1. The molecule has 0 aromatic heterocycles. The quantitative estimate of drug-likeness (QED) is 0.778. The summed E-state index contributed by atoms with van der Waals surface area (Å²) in [6.07, 6.45) is 3.98. The standard InChI is InChI=1S/C15H31N3O/c1-12(2)16-15(3,11-19)10-18-8-7-13-5-6-14(9-18)17(13)4/h12-14,16,19H,5-11H2,1-4H3. The second-order valence-electron chi connectivity index (χ2n) is 7.09. The monoisotopic (exact) mass is 269 g/mol. The molecule has 0 saturated carbocycles. The maximum absolute atomic E-state index is 9.72. The Hall–Kier alpha value is -0.160. The fraction of sp³-hybridized carbons (Fsp3) is 1.00. The molecule has 4 heteroatoms. The third-order valence-corrected chi connectivity index (χ3v) is 4.79. The molecular weight excluding hydrogens is 238 g/mol. The number of hydrogen-bond acceptors (Lipinski definition) is 4. The van der Waals surface area contributed by atoms with Crippen molar-refractivity contribution < 1.29 is 5.11 Å². The molecule has 0 aliphatic carbocycles. The zero-order valence-electron chi connectivity index (χ0n) is 13.0. The van der Waals surface area contributed by atoms with E-state index in [2.05, 4.69) is 42.9 Å². The van der Waals surface area contributed by atoms with Gasteiger partial charge >= 0.3 is 0 Å². The molecule has 2 saturated heterocycles. The van der Waals surface area contributed by atoms with Crippen molar-refractivity contribution in [3.63, 3.8) is 0 Å². The van der Waals surface area contributed by atoms with Gasteiger partial charge in [0.2, 0.25) is 0 Å². The molecule has 0 spiro atoms. The Labute approximate surface area is 118 Å². The molecule has 2 rings (SSSR count). The second kappa shape index (κ2) is 6.08. The van der Waals surface area contributed by atoms with Crippen LogP contribution in [-0.4, -0.2) is 71.9 Å². The van der Waals surface area contributed by atoms with Crippen molar-refractivity contribution in [3.05, 3.63) is 0 Å². The Morgan fingerprint density at radius 1 is 1.26 bits per heavy atom. The van der Waals surface area contributed by atoms with E-state index in [0.29, 0.717) is 6.04 Å². The van der Waals surface area contributed by atoms with Gasteiger partial charge in [0.05, 0.1) is 12.1 Å². The molecule has 2 aliphatic heterocycles. The van der Waals surface area contributed by atoms with Gasteiger partial charge in [0.15, 0.2) is 0 Å². The molecule has 4 nitrogen and oxygen atoms in total. The van der Waals surface area contributed by atoms with Crippen LogP contribution in [0.25, 0.3) is 0 Å². The van der Waals surface area contributed by atoms with Crippen molar-refractivity contribution in [1.29, 1.82) is 0 Å². The summed E-state index contributed by atoms with van der Waals surface area (Å²) >= 11 is 0. The van der Waals surface area contributed by atoms with Gasteiger partial charge in [-0.15, -0.1) is 0 Å². The van der Waals surface area contributed by atoms with Gasteiger partial charge in [0.1, 0.15) is 0 Å². The number of hydrogen-bond donors (Lipinski definition) is 2. The summed E-state index contributed by atoms with van der Waals surface area (Å²) in [6.45, 7) is 9.89. The Morgan fingerprint density at radius 2 is 1.95 bits per heavy atom. The van der Waals surface area contributed by atoms with Gasteiger partial charge in [-0.25, -0.2) is 0 Å². The second-order valence-corrected chi connectivity index (χ2v) is 7.09. The molecular formula is C15H31N3O. The van der Waals surface area contributed by atoms with Crippen LogP contribution in [-0.2, 0) is 0 Å². The summed E-state index contributed by atoms with van der Waals surface area (Å²) in [5.74, 6) is 0. The maximum Gasteiger partial charge on any atom is 0.0623 e. The topological polar surface area (TPSA) is 38.7 Å². The van der Waals surface area contributed by atoms with Crippen molar-refractivity contribution in [3.8, 4) is 0 Å². The zero-order valence-corrected chi connectivity index (χ0v) is 13.0.